The number of halogens is 2. The van der Waals surface area contributed by atoms with Crippen LogP contribution in [0.2, 0.25) is 0 Å². The minimum absolute atomic E-state index is 0.201. The van der Waals surface area contributed by atoms with Crippen LogP contribution in [0.15, 0.2) is 0 Å². The first-order chi connectivity index (χ1) is 7.18. The molecule has 16 heavy (non-hydrogen) atoms. The summed E-state index contributed by atoms with van der Waals surface area (Å²) in [7, 11) is 0. The first kappa shape index (κ1) is 13.2. The fraction of sp³-hybridized carbons (Fsp3) is 0.900. The topological polar surface area (TPSA) is 50.4 Å². The molecule has 1 rings (SSSR count). The number of hydrogen-bond donors (Lipinski definition) is 2. The number of alkyl carbamates (subject to hydrolysis) is 1. The molecule has 1 heterocycles. The Hall–Kier alpha value is -0.910. The molecule has 1 fully saturated rings. The van der Waals surface area contributed by atoms with E-state index >= 15 is 0 Å². The van der Waals surface area contributed by atoms with E-state index in [0.717, 1.165) is 0 Å². The average molecular weight is 236 g/mol. The fourth-order valence-corrected chi connectivity index (χ4v) is 1.39. The molecule has 94 valence electrons. The Balaban J connectivity index is 2.32. The van der Waals surface area contributed by atoms with Crippen molar-refractivity contribution in [3.63, 3.8) is 0 Å². The van der Waals surface area contributed by atoms with Gasteiger partial charge in [-0.05, 0) is 27.2 Å². The summed E-state index contributed by atoms with van der Waals surface area (Å²) in [5.41, 5.74) is -0.581. The molecular weight excluding hydrogens is 218 g/mol. The van der Waals surface area contributed by atoms with Crippen molar-refractivity contribution in [3.05, 3.63) is 0 Å². The lowest BCUT2D eigenvalue weighted by Gasteiger charge is -2.30. The highest BCUT2D eigenvalue weighted by Gasteiger charge is 2.35. The Bertz CT molecular complexity index is 254. The normalized spacial score (nSPS) is 24.9. The van der Waals surface area contributed by atoms with Gasteiger partial charge in [-0.15, -0.1) is 0 Å². The van der Waals surface area contributed by atoms with Gasteiger partial charge in [0.2, 0.25) is 0 Å². The number of ether oxygens (including phenoxy) is 1. The molecule has 0 bridgehead atoms. The second-order valence-electron chi connectivity index (χ2n) is 4.97. The maximum atomic E-state index is 12.8. The molecule has 1 aliphatic rings. The molecule has 0 unspecified atom stereocenters. The van der Waals surface area contributed by atoms with Gasteiger partial charge in [0.05, 0.1) is 12.7 Å². The monoisotopic (exact) mass is 236 g/mol. The molecular formula is C10H18F2N2O2. The molecule has 6 heteroatoms. The van der Waals surface area contributed by atoms with Crippen molar-refractivity contribution in [1.82, 2.24) is 10.6 Å². The lowest BCUT2D eigenvalue weighted by Crippen LogP contribution is -2.54. The Morgan fingerprint density at radius 3 is 2.56 bits per heavy atom. The van der Waals surface area contributed by atoms with Crippen molar-refractivity contribution in [2.75, 3.05) is 6.54 Å². The largest absolute Gasteiger partial charge is 0.444 e. The predicted octanol–water partition coefficient (Wildman–Crippen LogP) is 1.86. The number of amides is 1. The SMILES string of the molecule is CC(C)(C)OC(=O)N[C@@H]1CCC(F)(F)CN1. The second kappa shape index (κ2) is 4.53. The Morgan fingerprint density at radius 1 is 1.50 bits per heavy atom. The van der Waals surface area contributed by atoms with Crippen molar-refractivity contribution in [3.8, 4) is 0 Å². The van der Waals surface area contributed by atoms with Gasteiger partial charge in [-0.3, -0.25) is 5.32 Å². The highest BCUT2D eigenvalue weighted by molar-refractivity contribution is 5.68. The number of nitrogens with one attached hydrogen (secondary N) is 2. The van der Waals surface area contributed by atoms with E-state index in [1.165, 1.54) is 0 Å². The highest BCUT2D eigenvalue weighted by Crippen LogP contribution is 2.23. The van der Waals surface area contributed by atoms with E-state index in [4.69, 9.17) is 4.74 Å². The molecule has 1 amide bonds. The van der Waals surface area contributed by atoms with E-state index < -0.39 is 30.3 Å². The zero-order chi connectivity index (χ0) is 12.4. The third-order valence-corrected chi connectivity index (χ3v) is 2.10. The Kier molecular flexibility index (Phi) is 3.72. The molecule has 0 radical (unpaired) electrons. The van der Waals surface area contributed by atoms with Crippen molar-refractivity contribution in [2.45, 2.75) is 51.3 Å². The third-order valence-electron chi connectivity index (χ3n) is 2.10. The van der Waals surface area contributed by atoms with Gasteiger partial charge in [0, 0.05) is 6.42 Å². The zero-order valence-corrected chi connectivity index (χ0v) is 9.77. The molecule has 0 aromatic carbocycles. The number of carbonyl (C=O) groups is 1. The van der Waals surface area contributed by atoms with E-state index in [1.54, 1.807) is 20.8 Å². The summed E-state index contributed by atoms with van der Waals surface area (Å²) in [5.74, 6) is -2.67. The molecule has 1 aliphatic heterocycles. The zero-order valence-electron chi connectivity index (χ0n) is 9.77. The molecule has 0 aromatic rings. The van der Waals surface area contributed by atoms with Crippen LogP contribution in [0.5, 0.6) is 0 Å². The molecule has 0 saturated carbocycles. The molecule has 0 spiro atoms. The second-order valence-corrected chi connectivity index (χ2v) is 4.97. The van der Waals surface area contributed by atoms with E-state index in [1.807, 2.05) is 0 Å². The molecule has 2 N–H and O–H groups in total. The van der Waals surface area contributed by atoms with Crippen LogP contribution >= 0.6 is 0 Å². The van der Waals surface area contributed by atoms with Gasteiger partial charge >= 0.3 is 6.09 Å². The summed E-state index contributed by atoms with van der Waals surface area (Å²) in [5, 5.41) is 5.07. The predicted molar refractivity (Wildman–Crippen MR) is 55.3 cm³/mol. The lowest BCUT2D eigenvalue weighted by atomic mass is 10.1. The smallest absolute Gasteiger partial charge is 0.408 e. The number of rotatable bonds is 1. The van der Waals surface area contributed by atoms with Crippen LogP contribution in [0.1, 0.15) is 33.6 Å². The van der Waals surface area contributed by atoms with Crippen LogP contribution in [0.4, 0.5) is 13.6 Å². The minimum Gasteiger partial charge on any atom is -0.444 e. The summed E-state index contributed by atoms with van der Waals surface area (Å²) in [4.78, 5) is 11.3. The van der Waals surface area contributed by atoms with Gasteiger partial charge in [0.1, 0.15) is 5.60 Å². The van der Waals surface area contributed by atoms with E-state index in [9.17, 15) is 13.6 Å². The summed E-state index contributed by atoms with van der Waals surface area (Å²) in [6.45, 7) is 4.83. The van der Waals surface area contributed by atoms with E-state index in [0.29, 0.717) is 0 Å². The summed E-state index contributed by atoms with van der Waals surface area (Å²) >= 11 is 0. The Morgan fingerprint density at radius 2 is 2.12 bits per heavy atom. The average Bonchev–Trinajstić information content (AvgIpc) is 2.05. The van der Waals surface area contributed by atoms with Crippen molar-refractivity contribution >= 4 is 6.09 Å². The van der Waals surface area contributed by atoms with Gasteiger partial charge in [0.15, 0.2) is 0 Å². The van der Waals surface area contributed by atoms with Gasteiger partial charge < -0.3 is 10.1 Å². The van der Waals surface area contributed by atoms with Gasteiger partial charge in [0.25, 0.3) is 5.92 Å². The van der Waals surface area contributed by atoms with Crippen LogP contribution < -0.4 is 10.6 Å². The van der Waals surface area contributed by atoms with Gasteiger partial charge in [-0.25, -0.2) is 13.6 Å². The summed E-state index contributed by atoms with van der Waals surface area (Å²) < 4.78 is 30.6. The van der Waals surface area contributed by atoms with E-state index in [-0.39, 0.29) is 12.8 Å². The van der Waals surface area contributed by atoms with Crippen molar-refractivity contribution < 1.29 is 18.3 Å². The third kappa shape index (κ3) is 4.74. The maximum absolute atomic E-state index is 12.8. The van der Waals surface area contributed by atoms with Gasteiger partial charge in [-0.1, -0.05) is 0 Å². The van der Waals surface area contributed by atoms with Gasteiger partial charge in [-0.2, -0.15) is 0 Å². The number of piperidine rings is 1. The van der Waals surface area contributed by atoms with Crippen LogP contribution in [0, 0.1) is 0 Å². The number of alkyl halides is 2. The first-order valence-electron chi connectivity index (χ1n) is 5.29. The lowest BCUT2D eigenvalue weighted by molar-refractivity contribution is -0.0343. The molecule has 0 aromatic heterocycles. The molecule has 4 nitrogen and oxygen atoms in total. The summed E-state index contributed by atoms with van der Waals surface area (Å²) in [6.07, 6.45) is -1.04. The number of carbonyl (C=O) groups excluding carboxylic acids is 1. The fourth-order valence-electron chi connectivity index (χ4n) is 1.39. The Labute approximate surface area is 93.7 Å². The highest BCUT2D eigenvalue weighted by atomic mass is 19.3. The van der Waals surface area contributed by atoms with Crippen molar-refractivity contribution in [1.29, 1.82) is 0 Å². The first-order valence-corrected chi connectivity index (χ1v) is 5.29. The minimum atomic E-state index is -2.67. The summed E-state index contributed by atoms with van der Waals surface area (Å²) in [6, 6.07) is 0. The quantitative estimate of drug-likeness (QED) is 0.730. The number of hydrogen-bond acceptors (Lipinski definition) is 3. The van der Waals surface area contributed by atoms with Crippen LogP contribution in [0.25, 0.3) is 0 Å². The molecule has 0 aliphatic carbocycles. The molecule has 1 atom stereocenters. The van der Waals surface area contributed by atoms with Crippen molar-refractivity contribution in [2.24, 2.45) is 0 Å². The maximum Gasteiger partial charge on any atom is 0.408 e. The van der Waals surface area contributed by atoms with Crippen LogP contribution in [0.3, 0.4) is 0 Å². The van der Waals surface area contributed by atoms with E-state index in [2.05, 4.69) is 10.6 Å². The van der Waals surface area contributed by atoms with Crippen LogP contribution in [-0.4, -0.2) is 30.3 Å². The molecule has 1 saturated heterocycles. The standard InChI is InChI=1S/C10H18F2N2O2/c1-9(2,3)16-8(15)14-7-4-5-10(11,12)6-13-7/h7,13H,4-6H2,1-3H3,(H,14,15)/t7-/m1/s1. The van der Waals surface area contributed by atoms with Crippen LogP contribution in [-0.2, 0) is 4.74 Å².